The maximum atomic E-state index is 13.1. The number of likely N-dealkylation sites (tertiary alicyclic amines) is 1. The zero-order chi connectivity index (χ0) is 25.4. The van der Waals surface area contributed by atoms with Gasteiger partial charge in [-0.3, -0.25) is 5.32 Å². The molecule has 2 aromatic carbocycles. The van der Waals surface area contributed by atoms with Crippen molar-refractivity contribution in [3.63, 3.8) is 0 Å². The standard InChI is InChI=1S/C13H17F2NO.C13H16N4O/c1-17-5-4-16-3-2-10(9-16)11-6-12(14)8-13(15)7-11;1-9(2)11-8-12(15-13(14)18)17(16-11)10-6-4-3-5-7-10/h6-8,10H,2-5,9H2,1H3;3-9H,1-2H3,(H3,14,15,18). The van der Waals surface area contributed by atoms with Crippen LogP contribution in [0.5, 0.6) is 0 Å². The monoisotopic (exact) mass is 485 g/mol. The molecule has 2 heterocycles. The number of nitrogens with one attached hydrogen (secondary N) is 1. The van der Waals surface area contributed by atoms with Crippen molar-refractivity contribution < 1.29 is 18.3 Å². The third-order valence-electron chi connectivity index (χ3n) is 5.81. The van der Waals surface area contributed by atoms with E-state index in [0.717, 1.165) is 49.1 Å². The highest BCUT2D eigenvalue weighted by Gasteiger charge is 2.24. The van der Waals surface area contributed by atoms with Crippen LogP contribution in [0, 0.1) is 11.6 Å². The largest absolute Gasteiger partial charge is 0.383 e. The van der Waals surface area contributed by atoms with Crippen LogP contribution in [0.3, 0.4) is 0 Å². The molecule has 3 N–H and O–H groups in total. The third-order valence-corrected chi connectivity index (χ3v) is 5.81. The highest BCUT2D eigenvalue weighted by molar-refractivity contribution is 5.87. The Balaban J connectivity index is 0.000000196. The molecule has 1 aromatic heterocycles. The molecule has 0 spiro atoms. The quantitative estimate of drug-likeness (QED) is 0.499. The van der Waals surface area contributed by atoms with Gasteiger partial charge in [-0.25, -0.2) is 18.3 Å². The summed E-state index contributed by atoms with van der Waals surface area (Å²) >= 11 is 0. The topological polar surface area (TPSA) is 85.4 Å². The zero-order valence-electron chi connectivity index (χ0n) is 20.4. The first-order valence-corrected chi connectivity index (χ1v) is 11.7. The molecule has 2 amide bonds. The first-order valence-electron chi connectivity index (χ1n) is 11.7. The number of hydrogen-bond acceptors (Lipinski definition) is 4. The van der Waals surface area contributed by atoms with Gasteiger partial charge >= 0.3 is 6.03 Å². The van der Waals surface area contributed by atoms with Crippen LogP contribution in [0.25, 0.3) is 5.69 Å². The van der Waals surface area contributed by atoms with E-state index in [1.807, 2.05) is 50.2 Å². The summed E-state index contributed by atoms with van der Waals surface area (Å²) < 4.78 is 32.9. The summed E-state index contributed by atoms with van der Waals surface area (Å²) in [5.74, 6) is 0.114. The molecule has 1 aliphatic heterocycles. The van der Waals surface area contributed by atoms with E-state index in [1.165, 1.54) is 12.1 Å². The van der Waals surface area contributed by atoms with Gasteiger partial charge in [0.15, 0.2) is 0 Å². The second-order valence-electron chi connectivity index (χ2n) is 8.83. The number of aromatic nitrogens is 2. The summed E-state index contributed by atoms with van der Waals surface area (Å²) in [6, 6.07) is 14.6. The lowest BCUT2D eigenvalue weighted by atomic mass is 9.98. The van der Waals surface area contributed by atoms with Gasteiger partial charge < -0.3 is 15.4 Å². The number of methoxy groups -OCH3 is 1. The molecule has 0 aliphatic carbocycles. The number of para-hydroxylation sites is 1. The van der Waals surface area contributed by atoms with Gasteiger partial charge in [0.2, 0.25) is 0 Å². The first-order chi connectivity index (χ1) is 16.8. The second-order valence-corrected chi connectivity index (χ2v) is 8.83. The van der Waals surface area contributed by atoms with Crippen molar-refractivity contribution >= 4 is 11.8 Å². The minimum atomic E-state index is -0.595. The molecule has 0 radical (unpaired) electrons. The SMILES string of the molecule is CC(C)c1cc(NC(N)=O)n(-c2ccccc2)n1.COCCN1CCC(c2cc(F)cc(F)c2)C1. The Morgan fingerprint density at radius 3 is 2.46 bits per heavy atom. The van der Waals surface area contributed by atoms with Crippen LogP contribution in [0.15, 0.2) is 54.6 Å². The van der Waals surface area contributed by atoms with Crippen LogP contribution >= 0.6 is 0 Å². The van der Waals surface area contributed by atoms with Gasteiger partial charge in [-0.15, -0.1) is 0 Å². The molecule has 1 atom stereocenters. The van der Waals surface area contributed by atoms with Crippen molar-refractivity contribution in [2.24, 2.45) is 5.73 Å². The fraction of sp³-hybridized carbons (Fsp3) is 0.385. The van der Waals surface area contributed by atoms with Gasteiger partial charge in [0.1, 0.15) is 17.5 Å². The van der Waals surface area contributed by atoms with E-state index in [-0.39, 0.29) is 11.8 Å². The Kier molecular flexibility index (Phi) is 9.33. The van der Waals surface area contributed by atoms with Crippen molar-refractivity contribution in [3.8, 4) is 5.69 Å². The first kappa shape index (κ1) is 26.3. The lowest BCUT2D eigenvalue weighted by Gasteiger charge is -2.15. The minimum absolute atomic E-state index is 0.233. The summed E-state index contributed by atoms with van der Waals surface area (Å²) in [6.45, 7) is 7.49. The van der Waals surface area contributed by atoms with Crippen LogP contribution in [-0.4, -0.2) is 54.1 Å². The van der Waals surface area contributed by atoms with E-state index in [2.05, 4.69) is 15.3 Å². The summed E-state index contributed by atoms with van der Waals surface area (Å²) in [4.78, 5) is 13.3. The molecule has 188 valence electrons. The fourth-order valence-electron chi connectivity index (χ4n) is 4.00. The summed E-state index contributed by atoms with van der Waals surface area (Å²) in [5, 5.41) is 7.07. The maximum absolute atomic E-state index is 13.1. The van der Waals surface area contributed by atoms with Crippen LogP contribution in [0.4, 0.5) is 19.4 Å². The molecule has 9 heteroatoms. The number of benzene rings is 2. The van der Waals surface area contributed by atoms with E-state index in [1.54, 1.807) is 11.8 Å². The van der Waals surface area contributed by atoms with Crippen molar-refractivity contribution in [1.82, 2.24) is 14.7 Å². The van der Waals surface area contributed by atoms with Gasteiger partial charge in [-0.05, 0) is 54.6 Å². The molecule has 7 nitrogen and oxygen atoms in total. The number of amides is 2. The van der Waals surface area contributed by atoms with E-state index >= 15 is 0 Å². The molecular weight excluding hydrogens is 452 g/mol. The number of urea groups is 1. The molecule has 4 rings (SSSR count). The fourth-order valence-corrected chi connectivity index (χ4v) is 4.00. The van der Waals surface area contributed by atoms with Crippen LogP contribution in [-0.2, 0) is 4.74 Å². The van der Waals surface area contributed by atoms with E-state index in [0.29, 0.717) is 12.4 Å². The van der Waals surface area contributed by atoms with E-state index in [9.17, 15) is 13.6 Å². The number of anilines is 1. The second kappa shape index (κ2) is 12.4. The van der Waals surface area contributed by atoms with E-state index in [4.69, 9.17) is 10.5 Å². The molecule has 0 bridgehead atoms. The maximum Gasteiger partial charge on any atom is 0.317 e. The van der Waals surface area contributed by atoms with Crippen molar-refractivity contribution in [3.05, 3.63) is 77.5 Å². The number of carbonyl (C=O) groups is 1. The number of nitrogens with zero attached hydrogens (tertiary/aromatic N) is 3. The van der Waals surface area contributed by atoms with Gasteiger partial charge in [-0.1, -0.05) is 32.0 Å². The predicted molar refractivity (Wildman–Crippen MR) is 133 cm³/mol. The summed E-state index contributed by atoms with van der Waals surface area (Å²) in [6.07, 6.45) is 0.951. The molecule has 1 fully saturated rings. The summed E-state index contributed by atoms with van der Waals surface area (Å²) in [5.41, 5.74) is 7.72. The molecular formula is C26H33F2N5O2. The van der Waals surface area contributed by atoms with Gasteiger partial charge in [0.25, 0.3) is 0 Å². The lowest BCUT2D eigenvalue weighted by molar-refractivity contribution is 0.160. The van der Waals surface area contributed by atoms with Crippen LogP contribution in [0.1, 0.15) is 43.4 Å². The normalized spacial score (nSPS) is 15.7. The van der Waals surface area contributed by atoms with Crippen molar-refractivity contribution in [1.29, 1.82) is 0 Å². The number of rotatable bonds is 7. The Hall–Kier alpha value is -3.30. The average Bonchev–Trinajstić information content (AvgIpc) is 3.45. The number of hydrogen-bond donors (Lipinski definition) is 2. The number of primary amides is 1. The molecule has 1 saturated heterocycles. The lowest BCUT2D eigenvalue weighted by Crippen LogP contribution is -2.24. The van der Waals surface area contributed by atoms with Crippen LogP contribution in [0.2, 0.25) is 0 Å². The Bertz CT molecular complexity index is 1080. The third kappa shape index (κ3) is 7.60. The molecule has 35 heavy (non-hydrogen) atoms. The smallest absolute Gasteiger partial charge is 0.317 e. The number of halogens is 2. The number of ether oxygens (including phenoxy) is 1. The van der Waals surface area contributed by atoms with Crippen molar-refractivity contribution in [2.75, 3.05) is 38.7 Å². The van der Waals surface area contributed by atoms with Gasteiger partial charge in [-0.2, -0.15) is 5.10 Å². The molecule has 3 aromatic rings. The van der Waals surface area contributed by atoms with Crippen molar-refractivity contribution in [2.45, 2.75) is 32.1 Å². The van der Waals surface area contributed by atoms with Gasteiger partial charge in [0.05, 0.1) is 18.0 Å². The van der Waals surface area contributed by atoms with E-state index < -0.39 is 17.7 Å². The zero-order valence-corrected chi connectivity index (χ0v) is 20.4. The average molecular weight is 486 g/mol. The number of carbonyl (C=O) groups excluding carboxylic acids is 1. The highest BCUT2D eigenvalue weighted by Crippen LogP contribution is 2.28. The molecule has 1 aliphatic rings. The highest BCUT2D eigenvalue weighted by atomic mass is 19.1. The minimum Gasteiger partial charge on any atom is -0.383 e. The Labute approximate surface area is 204 Å². The predicted octanol–water partition coefficient (Wildman–Crippen LogP) is 4.89. The van der Waals surface area contributed by atoms with Gasteiger partial charge in [0, 0.05) is 32.3 Å². The number of nitrogens with two attached hydrogens (primary N) is 1. The molecule has 0 saturated carbocycles. The van der Waals surface area contributed by atoms with Crippen LogP contribution < -0.4 is 11.1 Å². The Morgan fingerprint density at radius 1 is 1.17 bits per heavy atom. The molecule has 1 unspecified atom stereocenters. The summed E-state index contributed by atoms with van der Waals surface area (Å²) in [7, 11) is 1.68. The Morgan fingerprint density at radius 2 is 1.86 bits per heavy atom.